The summed E-state index contributed by atoms with van der Waals surface area (Å²) in [7, 11) is 1.86. The number of nitrogens with zero attached hydrogens (tertiary/aromatic N) is 1. The van der Waals surface area contributed by atoms with E-state index in [1.807, 2.05) is 7.05 Å². The SMILES string of the molecule is CCOCCC1(CNC(=NC)NCCCC(C)C)CCCC1.I. The van der Waals surface area contributed by atoms with Gasteiger partial charge in [0, 0.05) is 33.4 Å². The maximum atomic E-state index is 5.58. The van der Waals surface area contributed by atoms with Gasteiger partial charge in [-0.3, -0.25) is 4.99 Å². The van der Waals surface area contributed by atoms with Crippen molar-refractivity contribution in [1.29, 1.82) is 0 Å². The van der Waals surface area contributed by atoms with E-state index >= 15 is 0 Å². The molecule has 0 atom stereocenters. The number of hydrogen-bond acceptors (Lipinski definition) is 2. The van der Waals surface area contributed by atoms with Crippen LogP contribution in [0.15, 0.2) is 4.99 Å². The molecule has 0 aromatic carbocycles. The minimum Gasteiger partial charge on any atom is -0.382 e. The minimum atomic E-state index is 0. The van der Waals surface area contributed by atoms with Crippen molar-refractivity contribution in [1.82, 2.24) is 10.6 Å². The number of rotatable bonds is 10. The molecule has 0 aliphatic heterocycles. The van der Waals surface area contributed by atoms with Gasteiger partial charge < -0.3 is 15.4 Å². The minimum absolute atomic E-state index is 0. The zero-order chi connectivity index (χ0) is 16.3. The van der Waals surface area contributed by atoms with Gasteiger partial charge in [0.05, 0.1) is 0 Å². The van der Waals surface area contributed by atoms with E-state index < -0.39 is 0 Å². The lowest BCUT2D eigenvalue weighted by molar-refractivity contribution is 0.105. The second-order valence-electron chi connectivity index (χ2n) is 7.04. The highest BCUT2D eigenvalue weighted by atomic mass is 127. The summed E-state index contributed by atoms with van der Waals surface area (Å²) in [5.41, 5.74) is 0.407. The van der Waals surface area contributed by atoms with Crippen molar-refractivity contribution in [2.45, 2.75) is 65.7 Å². The summed E-state index contributed by atoms with van der Waals surface area (Å²) in [6.07, 6.45) is 8.98. The molecule has 1 fully saturated rings. The quantitative estimate of drug-likeness (QED) is 0.232. The second kappa shape index (κ2) is 13.3. The molecule has 2 N–H and O–H groups in total. The fraction of sp³-hybridized carbons (Fsp3) is 0.944. The Balaban J connectivity index is 0.00000484. The van der Waals surface area contributed by atoms with E-state index in [2.05, 4.69) is 36.4 Å². The zero-order valence-electron chi connectivity index (χ0n) is 15.6. The fourth-order valence-electron chi connectivity index (χ4n) is 3.28. The predicted octanol–water partition coefficient (Wildman–Crippen LogP) is 4.19. The van der Waals surface area contributed by atoms with Crippen LogP contribution in [0.1, 0.15) is 65.7 Å². The molecule has 0 aromatic rings. The van der Waals surface area contributed by atoms with Crippen LogP contribution >= 0.6 is 24.0 Å². The maximum absolute atomic E-state index is 5.58. The Hall–Kier alpha value is -0.0400. The van der Waals surface area contributed by atoms with Crippen molar-refractivity contribution >= 4 is 29.9 Å². The van der Waals surface area contributed by atoms with Crippen molar-refractivity contribution in [3.05, 3.63) is 0 Å². The maximum Gasteiger partial charge on any atom is 0.190 e. The van der Waals surface area contributed by atoms with Gasteiger partial charge in [0.15, 0.2) is 5.96 Å². The van der Waals surface area contributed by atoms with Crippen LogP contribution in [0.25, 0.3) is 0 Å². The standard InChI is InChI=1S/C18H37N3O.HI/c1-5-22-14-12-18(10-6-7-11-18)15-21-17(19-4)20-13-8-9-16(2)3;/h16H,5-15H2,1-4H3,(H2,19,20,21);1H. The van der Waals surface area contributed by atoms with E-state index in [1.165, 1.54) is 38.5 Å². The van der Waals surface area contributed by atoms with Gasteiger partial charge in [0.1, 0.15) is 0 Å². The Kier molecular flexibility index (Phi) is 13.3. The molecular weight excluding hydrogens is 401 g/mol. The van der Waals surface area contributed by atoms with E-state index in [0.29, 0.717) is 5.41 Å². The molecule has 5 heteroatoms. The van der Waals surface area contributed by atoms with E-state index in [0.717, 1.165) is 44.6 Å². The monoisotopic (exact) mass is 439 g/mol. The van der Waals surface area contributed by atoms with E-state index in [4.69, 9.17) is 4.74 Å². The topological polar surface area (TPSA) is 45.6 Å². The number of hydrogen-bond donors (Lipinski definition) is 2. The van der Waals surface area contributed by atoms with Gasteiger partial charge in [-0.2, -0.15) is 0 Å². The highest BCUT2D eigenvalue weighted by Gasteiger charge is 2.33. The van der Waals surface area contributed by atoms with Crippen LogP contribution in [-0.2, 0) is 4.74 Å². The summed E-state index contributed by atoms with van der Waals surface area (Å²) in [6, 6.07) is 0. The normalized spacial score (nSPS) is 17.2. The summed E-state index contributed by atoms with van der Waals surface area (Å²) in [5.74, 6) is 1.73. The summed E-state index contributed by atoms with van der Waals surface area (Å²) >= 11 is 0. The van der Waals surface area contributed by atoms with Crippen LogP contribution in [-0.4, -0.2) is 39.3 Å². The molecule has 0 amide bonds. The van der Waals surface area contributed by atoms with Crippen LogP contribution in [0.3, 0.4) is 0 Å². The molecule has 138 valence electrons. The Bertz CT molecular complexity index is 315. The molecular formula is C18H38IN3O. The molecule has 0 radical (unpaired) electrons. The first-order chi connectivity index (χ1) is 10.6. The summed E-state index contributed by atoms with van der Waals surface area (Å²) in [5, 5.41) is 6.99. The van der Waals surface area contributed by atoms with Crippen molar-refractivity contribution in [3.63, 3.8) is 0 Å². The molecule has 0 unspecified atom stereocenters. The first-order valence-electron chi connectivity index (χ1n) is 9.14. The van der Waals surface area contributed by atoms with Gasteiger partial charge in [-0.05, 0) is 50.4 Å². The average Bonchev–Trinajstić information content (AvgIpc) is 2.96. The molecule has 1 aliphatic carbocycles. The van der Waals surface area contributed by atoms with E-state index in [1.54, 1.807) is 0 Å². The van der Waals surface area contributed by atoms with Gasteiger partial charge in [-0.15, -0.1) is 24.0 Å². The smallest absolute Gasteiger partial charge is 0.190 e. The van der Waals surface area contributed by atoms with Crippen molar-refractivity contribution in [2.75, 3.05) is 33.4 Å². The highest BCUT2D eigenvalue weighted by molar-refractivity contribution is 14.0. The van der Waals surface area contributed by atoms with Crippen LogP contribution in [0.2, 0.25) is 0 Å². The van der Waals surface area contributed by atoms with Gasteiger partial charge in [0.25, 0.3) is 0 Å². The zero-order valence-corrected chi connectivity index (χ0v) is 17.9. The van der Waals surface area contributed by atoms with Gasteiger partial charge in [-0.1, -0.05) is 26.7 Å². The van der Waals surface area contributed by atoms with Crippen molar-refractivity contribution < 1.29 is 4.74 Å². The second-order valence-corrected chi connectivity index (χ2v) is 7.04. The molecule has 0 saturated heterocycles. The van der Waals surface area contributed by atoms with Crippen molar-refractivity contribution in [2.24, 2.45) is 16.3 Å². The molecule has 0 aromatic heterocycles. The van der Waals surface area contributed by atoms with E-state index in [-0.39, 0.29) is 24.0 Å². The predicted molar refractivity (Wildman–Crippen MR) is 111 cm³/mol. The lowest BCUT2D eigenvalue weighted by Gasteiger charge is -2.30. The van der Waals surface area contributed by atoms with Gasteiger partial charge in [0.2, 0.25) is 0 Å². The lowest BCUT2D eigenvalue weighted by atomic mass is 9.83. The van der Waals surface area contributed by atoms with Gasteiger partial charge in [-0.25, -0.2) is 0 Å². The summed E-state index contributed by atoms with van der Waals surface area (Å²) in [4.78, 5) is 4.36. The number of nitrogens with one attached hydrogen (secondary N) is 2. The number of halogens is 1. The van der Waals surface area contributed by atoms with Gasteiger partial charge >= 0.3 is 0 Å². The first-order valence-corrected chi connectivity index (χ1v) is 9.14. The Morgan fingerprint density at radius 3 is 2.48 bits per heavy atom. The fourth-order valence-corrected chi connectivity index (χ4v) is 3.28. The molecule has 4 nitrogen and oxygen atoms in total. The lowest BCUT2D eigenvalue weighted by Crippen LogP contribution is -2.43. The third-order valence-electron chi connectivity index (χ3n) is 4.75. The van der Waals surface area contributed by atoms with Crippen LogP contribution in [0.4, 0.5) is 0 Å². The van der Waals surface area contributed by atoms with E-state index in [9.17, 15) is 0 Å². The number of ether oxygens (including phenoxy) is 1. The molecule has 0 spiro atoms. The van der Waals surface area contributed by atoms with Crippen LogP contribution in [0.5, 0.6) is 0 Å². The Morgan fingerprint density at radius 2 is 1.91 bits per heavy atom. The first kappa shape index (κ1) is 23.0. The van der Waals surface area contributed by atoms with Crippen molar-refractivity contribution in [3.8, 4) is 0 Å². The molecule has 23 heavy (non-hydrogen) atoms. The van der Waals surface area contributed by atoms with Crippen LogP contribution in [0, 0.1) is 11.3 Å². The third kappa shape index (κ3) is 9.75. The average molecular weight is 439 g/mol. The third-order valence-corrected chi connectivity index (χ3v) is 4.75. The Morgan fingerprint density at radius 1 is 1.22 bits per heavy atom. The summed E-state index contributed by atoms with van der Waals surface area (Å²) in [6.45, 7) is 10.3. The number of aliphatic imine (C=N–C) groups is 1. The Labute approximate surface area is 160 Å². The molecule has 0 bridgehead atoms. The molecule has 1 rings (SSSR count). The summed E-state index contributed by atoms with van der Waals surface area (Å²) < 4.78 is 5.58. The largest absolute Gasteiger partial charge is 0.382 e. The highest BCUT2D eigenvalue weighted by Crippen LogP contribution is 2.40. The molecule has 0 heterocycles. The molecule has 1 aliphatic rings. The van der Waals surface area contributed by atoms with Crippen LogP contribution < -0.4 is 10.6 Å². The molecule has 1 saturated carbocycles. The number of guanidine groups is 1.